The van der Waals surface area contributed by atoms with Gasteiger partial charge in [-0.15, -0.1) is 0 Å². The van der Waals surface area contributed by atoms with Gasteiger partial charge in [-0.3, -0.25) is 0 Å². The van der Waals surface area contributed by atoms with Crippen molar-refractivity contribution in [2.45, 2.75) is 25.8 Å². The van der Waals surface area contributed by atoms with Gasteiger partial charge < -0.3 is 5.32 Å². The van der Waals surface area contributed by atoms with E-state index in [2.05, 4.69) is 12.2 Å². The summed E-state index contributed by atoms with van der Waals surface area (Å²) >= 11 is 12.1. The van der Waals surface area contributed by atoms with Gasteiger partial charge in [0.05, 0.1) is 5.02 Å². The second kappa shape index (κ2) is 7.79. The summed E-state index contributed by atoms with van der Waals surface area (Å²) in [7, 11) is 0. The van der Waals surface area contributed by atoms with Gasteiger partial charge in [-0.25, -0.2) is 4.39 Å². The summed E-state index contributed by atoms with van der Waals surface area (Å²) in [5.74, 6) is -0.380. The Morgan fingerprint density at radius 3 is 2.62 bits per heavy atom. The van der Waals surface area contributed by atoms with Gasteiger partial charge in [-0.05, 0) is 48.7 Å². The summed E-state index contributed by atoms with van der Waals surface area (Å²) in [6, 6.07) is 12.7. The van der Waals surface area contributed by atoms with Crippen LogP contribution in [0.5, 0.6) is 0 Å². The number of hydrogen-bond acceptors (Lipinski definition) is 1. The number of halogens is 3. The molecule has 0 aliphatic heterocycles. The first-order chi connectivity index (χ1) is 10.1. The van der Waals surface area contributed by atoms with Crippen molar-refractivity contribution in [2.24, 2.45) is 0 Å². The van der Waals surface area contributed by atoms with Gasteiger partial charge >= 0.3 is 0 Å². The number of nitrogens with one attached hydrogen (secondary N) is 1. The third-order valence-corrected chi connectivity index (χ3v) is 4.01. The van der Waals surface area contributed by atoms with Crippen molar-refractivity contribution < 1.29 is 4.39 Å². The standard InChI is InChI=1S/C17H18Cl2FN/c1-2-9-21-16(12-5-3-7-14(18)10-12)11-13-6-4-8-15(20)17(13)19/h3-8,10,16,21H,2,9,11H2,1H3. The predicted octanol–water partition coefficient (Wildman–Crippen LogP) is 5.42. The highest BCUT2D eigenvalue weighted by atomic mass is 35.5. The number of rotatable bonds is 6. The fourth-order valence-corrected chi connectivity index (χ4v) is 2.68. The zero-order valence-electron chi connectivity index (χ0n) is 11.9. The molecule has 2 aromatic rings. The summed E-state index contributed by atoms with van der Waals surface area (Å²) < 4.78 is 13.6. The molecule has 1 atom stereocenters. The highest BCUT2D eigenvalue weighted by molar-refractivity contribution is 6.31. The van der Waals surface area contributed by atoms with Gasteiger partial charge in [-0.2, -0.15) is 0 Å². The van der Waals surface area contributed by atoms with Gasteiger partial charge in [0.2, 0.25) is 0 Å². The first kappa shape index (κ1) is 16.3. The molecule has 4 heteroatoms. The quantitative estimate of drug-likeness (QED) is 0.748. The molecule has 1 unspecified atom stereocenters. The van der Waals surface area contributed by atoms with Crippen molar-refractivity contribution >= 4 is 23.2 Å². The second-order valence-electron chi connectivity index (χ2n) is 4.98. The Labute approximate surface area is 135 Å². The molecule has 0 saturated heterocycles. The Morgan fingerprint density at radius 1 is 1.14 bits per heavy atom. The van der Waals surface area contributed by atoms with Crippen molar-refractivity contribution in [2.75, 3.05) is 6.54 Å². The molecule has 0 saturated carbocycles. The Hall–Kier alpha value is -1.09. The topological polar surface area (TPSA) is 12.0 Å². The highest BCUT2D eigenvalue weighted by Crippen LogP contribution is 2.26. The molecule has 0 radical (unpaired) electrons. The van der Waals surface area contributed by atoms with Crippen LogP contribution in [-0.2, 0) is 6.42 Å². The van der Waals surface area contributed by atoms with Crippen molar-refractivity contribution in [3.63, 3.8) is 0 Å². The SMILES string of the molecule is CCCNC(Cc1cccc(F)c1Cl)c1cccc(Cl)c1. The largest absolute Gasteiger partial charge is 0.310 e. The molecule has 2 aromatic carbocycles. The van der Waals surface area contributed by atoms with Crippen molar-refractivity contribution in [3.8, 4) is 0 Å². The smallest absolute Gasteiger partial charge is 0.142 e. The van der Waals surface area contributed by atoms with Gasteiger partial charge in [0.1, 0.15) is 5.82 Å². The average Bonchev–Trinajstić information content (AvgIpc) is 2.47. The Bertz CT molecular complexity index is 601. The lowest BCUT2D eigenvalue weighted by Gasteiger charge is -2.20. The number of benzene rings is 2. The lowest BCUT2D eigenvalue weighted by molar-refractivity contribution is 0.527. The normalized spacial score (nSPS) is 12.4. The molecule has 1 nitrogen and oxygen atoms in total. The first-order valence-electron chi connectivity index (χ1n) is 7.03. The van der Waals surface area contributed by atoms with E-state index in [1.54, 1.807) is 6.07 Å². The molecule has 0 fully saturated rings. The van der Waals surface area contributed by atoms with E-state index in [9.17, 15) is 4.39 Å². The molecule has 1 N–H and O–H groups in total. The van der Waals surface area contributed by atoms with E-state index in [1.165, 1.54) is 6.07 Å². The molecule has 0 aromatic heterocycles. The van der Waals surface area contributed by atoms with Gasteiger partial charge in [0.15, 0.2) is 0 Å². The van der Waals surface area contributed by atoms with Crippen LogP contribution in [0.25, 0.3) is 0 Å². The van der Waals surface area contributed by atoms with Crippen LogP contribution in [-0.4, -0.2) is 6.54 Å². The van der Waals surface area contributed by atoms with E-state index in [4.69, 9.17) is 23.2 Å². The molecular weight excluding hydrogens is 308 g/mol. The zero-order valence-corrected chi connectivity index (χ0v) is 13.4. The Kier molecular flexibility index (Phi) is 6.04. The summed E-state index contributed by atoms with van der Waals surface area (Å²) in [6.07, 6.45) is 1.64. The monoisotopic (exact) mass is 325 g/mol. The van der Waals surface area contributed by atoms with E-state index in [1.807, 2.05) is 30.3 Å². The average molecular weight is 326 g/mol. The van der Waals surface area contributed by atoms with Crippen LogP contribution in [0.15, 0.2) is 42.5 Å². The predicted molar refractivity (Wildman–Crippen MR) is 87.6 cm³/mol. The van der Waals surface area contributed by atoms with Gasteiger partial charge in [0, 0.05) is 11.1 Å². The van der Waals surface area contributed by atoms with E-state index >= 15 is 0 Å². The molecule has 0 aliphatic carbocycles. The fraction of sp³-hybridized carbons (Fsp3) is 0.294. The summed E-state index contributed by atoms with van der Waals surface area (Å²) in [5, 5.41) is 4.36. The van der Waals surface area contributed by atoms with Gasteiger partial charge in [0.25, 0.3) is 0 Å². The fourth-order valence-electron chi connectivity index (χ4n) is 2.28. The maximum atomic E-state index is 13.6. The van der Waals surface area contributed by atoms with Crippen LogP contribution in [0.3, 0.4) is 0 Å². The Balaban J connectivity index is 2.26. The molecule has 112 valence electrons. The maximum Gasteiger partial charge on any atom is 0.142 e. The molecule has 0 bridgehead atoms. The summed E-state index contributed by atoms with van der Waals surface area (Å²) in [6.45, 7) is 2.99. The van der Waals surface area contributed by atoms with Crippen LogP contribution >= 0.6 is 23.2 Å². The van der Waals surface area contributed by atoms with E-state index < -0.39 is 0 Å². The van der Waals surface area contributed by atoms with E-state index in [0.29, 0.717) is 11.4 Å². The molecule has 0 amide bonds. The van der Waals surface area contributed by atoms with E-state index in [-0.39, 0.29) is 16.9 Å². The van der Waals surface area contributed by atoms with Crippen LogP contribution < -0.4 is 5.32 Å². The third kappa shape index (κ3) is 4.44. The van der Waals surface area contributed by atoms with Crippen molar-refractivity contribution in [3.05, 3.63) is 69.5 Å². The van der Waals surface area contributed by atoms with Crippen LogP contribution in [0.2, 0.25) is 10.0 Å². The summed E-state index contributed by atoms with van der Waals surface area (Å²) in [5.41, 5.74) is 1.88. The Morgan fingerprint density at radius 2 is 1.90 bits per heavy atom. The summed E-state index contributed by atoms with van der Waals surface area (Å²) in [4.78, 5) is 0. The highest BCUT2D eigenvalue weighted by Gasteiger charge is 2.15. The minimum Gasteiger partial charge on any atom is -0.310 e. The van der Waals surface area contributed by atoms with Crippen LogP contribution in [0.4, 0.5) is 4.39 Å². The minimum atomic E-state index is -0.380. The lowest BCUT2D eigenvalue weighted by atomic mass is 9.98. The van der Waals surface area contributed by atoms with Crippen molar-refractivity contribution in [1.29, 1.82) is 0 Å². The molecule has 21 heavy (non-hydrogen) atoms. The lowest BCUT2D eigenvalue weighted by Crippen LogP contribution is -2.24. The minimum absolute atomic E-state index is 0.0583. The van der Waals surface area contributed by atoms with E-state index in [0.717, 1.165) is 24.1 Å². The maximum absolute atomic E-state index is 13.6. The second-order valence-corrected chi connectivity index (χ2v) is 5.79. The van der Waals surface area contributed by atoms with Crippen LogP contribution in [0.1, 0.15) is 30.5 Å². The number of hydrogen-bond donors (Lipinski definition) is 1. The molecule has 0 spiro atoms. The third-order valence-electron chi connectivity index (χ3n) is 3.35. The molecule has 0 heterocycles. The van der Waals surface area contributed by atoms with Crippen LogP contribution in [0, 0.1) is 5.82 Å². The van der Waals surface area contributed by atoms with Gasteiger partial charge in [-0.1, -0.05) is 54.4 Å². The first-order valence-corrected chi connectivity index (χ1v) is 7.79. The molecule has 0 aliphatic rings. The van der Waals surface area contributed by atoms with Crippen molar-refractivity contribution in [1.82, 2.24) is 5.32 Å². The zero-order chi connectivity index (χ0) is 15.2. The molecule has 2 rings (SSSR count). The molecular formula is C17H18Cl2FN.